The molecular weight excluding hydrogens is 202 g/mol. The number of hydrogen-bond donors (Lipinski definition) is 2. The predicted molar refractivity (Wildman–Crippen MR) is 62.6 cm³/mol. The van der Waals surface area contributed by atoms with Crippen LogP contribution in [0.25, 0.3) is 11.6 Å². The van der Waals surface area contributed by atoms with Crippen LogP contribution < -0.4 is 5.73 Å². The van der Waals surface area contributed by atoms with Crippen LogP contribution in [0.4, 0.5) is 5.82 Å². The first kappa shape index (κ1) is 10.6. The normalized spacial score (nSPS) is 10.9. The largest absolute Gasteiger partial charge is 0.384 e. The molecule has 0 aliphatic heterocycles. The van der Waals surface area contributed by atoms with E-state index >= 15 is 0 Å². The zero-order chi connectivity index (χ0) is 11.5. The summed E-state index contributed by atoms with van der Waals surface area (Å²) in [5.74, 6) is 2.23. The van der Waals surface area contributed by atoms with Gasteiger partial charge in [0.2, 0.25) is 0 Å². The van der Waals surface area contributed by atoms with Crippen molar-refractivity contribution in [1.82, 2.24) is 19.9 Å². The first-order valence-electron chi connectivity index (χ1n) is 5.28. The third-order valence-electron chi connectivity index (χ3n) is 2.13. The van der Waals surface area contributed by atoms with Crippen LogP contribution in [0.5, 0.6) is 0 Å². The van der Waals surface area contributed by atoms with E-state index in [1.54, 1.807) is 12.4 Å². The maximum Gasteiger partial charge on any atom is 0.197 e. The highest BCUT2D eigenvalue weighted by Crippen LogP contribution is 2.14. The summed E-state index contributed by atoms with van der Waals surface area (Å²) in [6.07, 6.45) is 4.30. The Bertz CT molecular complexity index is 461. The zero-order valence-electron chi connectivity index (χ0n) is 9.44. The molecule has 0 saturated carbocycles. The SMILES string of the molecule is CC(C)Cc1cc(N)nc(-c2ncc[nH]2)n1. The quantitative estimate of drug-likeness (QED) is 0.819. The minimum absolute atomic E-state index is 0.483. The summed E-state index contributed by atoms with van der Waals surface area (Å²) < 4.78 is 0. The predicted octanol–water partition coefficient (Wildman–Crippen LogP) is 1.65. The average molecular weight is 217 g/mol. The van der Waals surface area contributed by atoms with Gasteiger partial charge in [-0.05, 0) is 12.3 Å². The summed E-state index contributed by atoms with van der Waals surface area (Å²) in [4.78, 5) is 15.7. The number of rotatable bonds is 3. The van der Waals surface area contributed by atoms with E-state index in [0.29, 0.717) is 23.4 Å². The Labute approximate surface area is 94.2 Å². The topological polar surface area (TPSA) is 80.5 Å². The Kier molecular flexibility index (Phi) is 2.85. The molecule has 5 nitrogen and oxygen atoms in total. The second-order valence-electron chi connectivity index (χ2n) is 4.14. The van der Waals surface area contributed by atoms with Gasteiger partial charge in [0.15, 0.2) is 11.6 Å². The molecule has 16 heavy (non-hydrogen) atoms. The molecule has 84 valence electrons. The van der Waals surface area contributed by atoms with Crippen molar-refractivity contribution in [3.8, 4) is 11.6 Å². The van der Waals surface area contributed by atoms with Gasteiger partial charge in [-0.1, -0.05) is 13.8 Å². The first-order valence-corrected chi connectivity index (χ1v) is 5.28. The number of imidazole rings is 1. The lowest BCUT2D eigenvalue weighted by atomic mass is 10.1. The van der Waals surface area contributed by atoms with Crippen LogP contribution in [0, 0.1) is 5.92 Å². The standard InChI is InChI=1S/C11H15N5/c1-7(2)5-8-6-9(12)16-11(15-8)10-13-3-4-14-10/h3-4,6-7H,5H2,1-2H3,(H,13,14)(H2,12,15,16). The molecule has 0 aliphatic rings. The summed E-state index contributed by atoms with van der Waals surface area (Å²) in [6, 6.07) is 1.81. The van der Waals surface area contributed by atoms with Gasteiger partial charge in [0.25, 0.3) is 0 Å². The van der Waals surface area contributed by atoms with Crippen LogP contribution >= 0.6 is 0 Å². The molecule has 2 aromatic rings. The summed E-state index contributed by atoms with van der Waals surface area (Å²) in [7, 11) is 0. The molecule has 0 saturated heterocycles. The molecule has 0 fully saturated rings. The zero-order valence-corrected chi connectivity index (χ0v) is 9.44. The molecule has 0 radical (unpaired) electrons. The molecule has 2 heterocycles. The van der Waals surface area contributed by atoms with Gasteiger partial charge in [-0.3, -0.25) is 0 Å². The van der Waals surface area contributed by atoms with E-state index in [2.05, 4.69) is 33.8 Å². The van der Waals surface area contributed by atoms with Crippen LogP contribution in [-0.2, 0) is 6.42 Å². The second-order valence-corrected chi connectivity index (χ2v) is 4.14. The van der Waals surface area contributed by atoms with Crippen LogP contribution in [0.15, 0.2) is 18.5 Å². The van der Waals surface area contributed by atoms with Crippen molar-refractivity contribution in [2.75, 3.05) is 5.73 Å². The number of nitrogens with two attached hydrogens (primary N) is 1. The number of aromatic amines is 1. The molecule has 0 amide bonds. The van der Waals surface area contributed by atoms with E-state index in [0.717, 1.165) is 12.1 Å². The molecule has 0 unspecified atom stereocenters. The van der Waals surface area contributed by atoms with Crippen molar-refractivity contribution in [2.24, 2.45) is 5.92 Å². The van der Waals surface area contributed by atoms with Gasteiger partial charge in [-0.15, -0.1) is 0 Å². The lowest BCUT2D eigenvalue weighted by molar-refractivity contribution is 0.635. The molecule has 0 atom stereocenters. The van der Waals surface area contributed by atoms with E-state index in [1.165, 1.54) is 0 Å². The molecule has 2 aromatic heterocycles. The second kappa shape index (κ2) is 4.30. The maximum atomic E-state index is 5.75. The summed E-state index contributed by atoms with van der Waals surface area (Å²) in [6.45, 7) is 4.29. The van der Waals surface area contributed by atoms with Gasteiger partial charge >= 0.3 is 0 Å². The summed E-state index contributed by atoms with van der Waals surface area (Å²) in [5, 5.41) is 0. The number of nitrogens with zero attached hydrogens (tertiary/aromatic N) is 3. The molecule has 0 aliphatic carbocycles. The van der Waals surface area contributed by atoms with Crippen molar-refractivity contribution < 1.29 is 0 Å². The fourth-order valence-electron chi connectivity index (χ4n) is 1.53. The minimum Gasteiger partial charge on any atom is -0.384 e. The van der Waals surface area contributed by atoms with E-state index in [9.17, 15) is 0 Å². The Hall–Kier alpha value is -1.91. The smallest absolute Gasteiger partial charge is 0.197 e. The van der Waals surface area contributed by atoms with Gasteiger partial charge in [-0.2, -0.15) is 0 Å². The van der Waals surface area contributed by atoms with Gasteiger partial charge in [-0.25, -0.2) is 15.0 Å². The van der Waals surface area contributed by atoms with Gasteiger partial charge in [0.05, 0.1) is 0 Å². The molecule has 0 spiro atoms. The van der Waals surface area contributed by atoms with Crippen molar-refractivity contribution in [2.45, 2.75) is 20.3 Å². The Morgan fingerprint density at radius 1 is 1.38 bits per heavy atom. The van der Waals surface area contributed by atoms with E-state index in [4.69, 9.17) is 5.73 Å². The third-order valence-corrected chi connectivity index (χ3v) is 2.13. The van der Waals surface area contributed by atoms with E-state index < -0.39 is 0 Å². The number of aromatic nitrogens is 4. The molecule has 5 heteroatoms. The van der Waals surface area contributed by atoms with Crippen LogP contribution in [0.2, 0.25) is 0 Å². The highest BCUT2D eigenvalue weighted by atomic mass is 15.0. The summed E-state index contributed by atoms with van der Waals surface area (Å²) in [5.41, 5.74) is 6.70. The minimum atomic E-state index is 0.483. The fourth-order valence-corrected chi connectivity index (χ4v) is 1.53. The maximum absolute atomic E-state index is 5.75. The first-order chi connectivity index (χ1) is 7.65. The highest BCUT2D eigenvalue weighted by molar-refractivity contribution is 5.47. The molecule has 0 aromatic carbocycles. The fraction of sp³-hybridized carbons (Fsp3) is 0.364. The van der Waals surface area contributed by atoms with Crippen LogP contribution in [0.3, 0.4) is 0 Å². The van der Waals surface area contributed by atoms with Crippen molar-refractivity contribution in [1.29, 1.82) is 0 Å². The van der Waals surface area contributed by atoms with E-state index in [1.807, 2.05) is 6.07 Å². The molecule has 0 bridgehead atoms. The van der Waals surface area contributed by atoms with Gasteiger partial charge < -0.3 is 10.7 Å². The molecule has 2 rings (SSSR count). The summed E-state index contributed by atoms with van der Waals surface area (Å²) >= 11 is 0. The van der Waals surface area contributed by atoms with Crippen molar-refractivity contribution in [3.05, 3.63) is 24.2 Å². The van der Waals surface area contributed by atoms with Gasteiger partial charge in [0.1, 0.15) is 5.82 Å². The number of anilines is 1. The number of hydrogen-bond acceptors (Lipinski definition) is 4. The third kappa shape index (κ3) is 2.36. The van der Waals surface area contributed by atoms with E-state index in [-0.39, 0.29) is 0 Å². The van der Waals surface area contributed by atoms with Crippen LogP contribution in [0.1, 0.15) is 19.5 Å². The van der Waals surface area contributed by atoms with Crippen molar-refractivity contribution in [3.63, 3.8) is 0 Å². The average Bonchev–Trinajstić information content (AvgIpc) is 2.67. The lowest BCUT2D eigenvalue weighted by Gasteiger charge is -2.06. The Morgan fingerprint density at radius 2 is 2.19 bits per heavy atom. The Balaban J connectivity index is 2.36. The number of H-pyrrole nitrogens is 1. The van der Waals surface area contributed by atoms with Crippen molar-refractivity contribution >= 4 is 5.82 Å². The molecule has 3 N–H and O–H groups in total. The monoisotopic (exact) mass is 217 g/mol. The number of nitrogens with one attached hydrogen (secondary N) is 1. The van der Waals surface area contributed by atoms with Crippen LogP contribution in [-0.4, -0.2) is 19.9 Å². The number of nitrogen functional groups attached to an aromatic ring is 1. The van der Waals surface area contributed by atoms with Gasteiger partial charge in [0, 0.05) is 24.2 Å². The molecular formula is C11H15N5. The highest BCUT2D eigenvalue weighted by Gasteiger charge is 2.08. The lowest BCUT2D eigenvalue weighted by Crippen LogP contribution is -2.03. The Morgan fingerprint density at radius 3 is 2.81 bits per heavy atom.